The summed E-state index contributed by atoms with van der Waals surface area (Å²) in [6.45, 7) is 2.55. The third-order valence-corrected chi connectivity index (χ3v) is 4.15. The number of aliphatic hydroxyl groups is 1. The molecule has 0 spiro atoms. The van der Waals surface area contributed by atoms with E-state index >= 15 is 0 Å². The monoisotopic (exact) mass is 311 g/mol. The quantitative estimate of drug-likeness (QED) is 0.853. The molecular formula is C14H21N3O3S. The van der Waals surface area contributed by atoms with E-state index in [-0.39, 0.29) is 6.17 Å². The van der Waals surface area contributed by atoms with E-state index in [2.05, 4.69) is 16.5 Å². The summed E-state index contributed by atoms with van der Waals surface area (Å²) in [5.74, 6) is 0. The zero-order chi connectivity index (χ0) is 15.6. The minimum atomic E-state index is -3.28. The van der Waals surface area contributed by atoms with Gasteiger partial charge in [-0.3, -0.25) is 4.72 Å². The van der Waals surface area contributed by atoms with E-state index in [0.717, 1.165) is 11.8 Å². The van der Waals surface area contributed by atoms with Crippen molar-refractivity contribution in [3.63, 3.8) is 0 Å². The summed E-state index contributed by atoms with van der Waals surface area (Å²) in [4.78, 5) is 4.11. The van der Waals surface area contributed by atoms with Crippen molar-refractivity contribution in [2.24, 2.45) is 0 Å². The maximum Gasteiger partial charge on any atom is 0.229 e. The molecule has 1 aromatic rings. The number of hydrogen-bond donors (Lipinski definition) is 2. The number of nitrogens with zero attached hydrogens (tertiary/aromatic N) is 2. The lowest BCUT2D eigenvalue weighted by Crippen LogP contribution is -2.36. The van der Waals surface area contributed by atoms with Crippen molar-refractivity contribution in [1.29, 1.82) is 0 Å². The largest absolute Gasteiger partial charge is 0.387 e. The maximum atomic E-state index is 11.1. The lowest BCUT2D eigenvalue weighted by Gasteiger charge is -2.29. The smallest absolute Gasteiger partial charge is 0.229 e. The van der Waals surface area contributed by atoms with Crippen LogP contribution >= 0.6 is 0 Å². The fourth-order valence-electron chi connectivity index (χ4n) is 2.18. The molecular weight excluding hydrogens is 290 g/mol. The molecule has 0 fully saturated rings. The minimum absolute atomic E-state index is 0.214. The Labute approximate surface area is 125 Å². The molecule has 2 N–H and O–H groups in total. The SMILES string of the molecule is CC1N(C)C=CN1CC(O)c1ccc(NS(C)(=O)=O)cc1. The fraction of sp³-hybridized carbons (Fsp3) is 0.429. The van der Waals surface area contributed by atoms with Crippen LogP contribution in [0, 0.1) is 0 Å². The minimum Gasteiger partial charge on any atom is -0.387 e. The van der Waals surface area contributed by atoms with Crippen LogP contribution < -0.4 is 4.72 Å². The zero-order valence-electron chi connectivity index (χ0n) is 12.4. The average Bonchev–Trinajstić information content (AvgIpc) is 2.69. The van der Waals surface area contributed by atoms with Crippen LogP contribution in [0.5, 0.6) is 0 Å². The predicted molar refractivity (Wildman–Crippen MR) is 82.9 cm³/mol. The molecule has 6 nitrogen and oxygen atoms in total. The molecule has 1 heterocycles. The summed E-state index contributed by atoms with van der Waals surface area (Å²) in [7, 11) is -1.29. The fourth-order valence-corrected chi connectivity index (χ4v) is 2.74. The molecule has 1 aromatic carbocycles. The first-order valence-corrected chi connectivity index (χ1v) is 8.57. The second-order valence-electron chi connectivity index (χ2n) is 5.30. The van der Waals surface area contributed by atoms with E-state index in [1.165, 1.54) is 0 Å². The van der Waals surface area contributed by atoms with Crippen molar-refractivity contribution in [3.05, 3.63) is 42.2 Å². The van der Waals surface area contributed by atoms with Crippen LogP contribution in [0.1, 0.15) is 18.6 Å². The molecule has 0 radical (unpaired) electrons. The Kier molecular flexibility index (Phi) is 4.43. The molecule has 2 rings (SSSR count). The van der Waals surface area contributed by atoms with Crippen molar-refractivity contribution in [2.75, 3.05) is 24.6 Å². The Bertz CT molecular complexity index is 613. The molecule has 2 unspecified atom stereocenters. The average molecular weight is 311 g/mol. The molecule has 0 aromatic heterocycles. The third-order valence-electron chi connectivity index (χ3n) is 3.55. The lowest BCUT2D eigenvalue weighted by molar-refractivity contribution is 0.0987. The molecule has 0 saturated heterocycles. The van der Waals surface area contributed by atoms with Crippen LogP contribution in [-0.2, 0) is 10.0 Å². The Morgan fingerprint density at radius 3 is 2.38 bits per heavy atom. The molecule has 21 heavy (non-hydrogen) atoms. The van der Waals surface area contributed by atoms with Crippen LogP contribution in [0.3, 0.4) is 0 Å². The number of rotatable bonds is 5. The van der Waals surface area contributed by atoms with Crippen molar-refractivity contribution >= 4 is 15.7 Å². The number of benzene rings is 1. The number of nitrogens with one attached hydrogen (secondary N) is 1. The van der Waals surface area contributed by atoms with Crippen molar-refractivity contribution < 1.29 is 13.5 Å². The Morgan fingerprint density at radius 1 is 1.29 bits per heavy atom. The zero-order valence-corrected chi connectivity index (χ0v) is 13.2. The van der Waals surface area contributed by atoms with Gasteiger partial charge in [-0.05, 0) is 24.6 Å². The molecule has 0 bridgehead atoms. The number of hydrogen-bond acceptors (Lipinski definition) is 5. The van der Waals surface area contributed by atoms with Crippen molar-refractivity contribution in [3.8, 4) is 0 Å². The van der Waals surface area contributed by atoms with Gasteiger partial charge in [0.2, 0.25) is 10.0 Å². The lowest BCUT2D eigenvalue weighted by atomic mass is 10.1. The molecule has 0 amide bonds. The van der Waals surface area contributed by atoms with Gasteiger partial charge in [0, 0.05) is 31.7 Å². The van der Waals surface area contributed by atoms with Crippen LogP contribution in [0.2, 0.25) is 0 Å². The first kappa shape index (κ1) is 15.7. The second-order valence-corrected chi connectivity index (χ2v) is 7.05. The number of sulfonamides is 1. The molecule has 2 atom stereocenters. The first-order chi connectivity index (χ1) is 9.76. The van der Waals surface area contributed by atoms with E-state index in [1.807, 2.05) is 24.3 Å². The molecule has 116 valence electrons. The summed E-state index contributed by atoms with van der Waals surface area (Å²) < 4.78 is 24.7. The molecule has 1 aliphatic rings. The number of anilines is 1. The maximum absolute atomic E-state index is 11.1. The molecule has 7 heteroatoms. The second kappa shape index (κ2) is 5.95. The standard InChI is InChI=1S/C14H21N3O3S/c1-11-16(2)8-9-17(11)10-14(18)12-4-6-13(7-5-12)15-21(3,19)20/h4-9,11,14-15,18H,10H2,1-3H3. The van der Waals surface area contributed by atoms with Crippen LogP contribution in [0.25, 0.3) is 0 Å². The highest BCUT2D eigenvalue weighted by atomic mass is 32.2. The van der Waals surface area contributed by atoms with Gasteiger partial charge in [0.25, 0.3) is 0 Å². The highest BCUT2D eigenvalue weighted by molar-refractivity contribution is 7.92. The highest BCUT2D eigenvalue weighted by Gasteiger charge is 2.21. The van der Waals surface area contributed by atoms with Crippen LogP contribution in [-0.4, -0.2) is 49.3 Å². The van der Waals surface area contributed by atoms with E-state index in [4.69, 9.17) is 0 Å². The normalized spacial score (nSPS) is 19.9. The summed E-state index contributed by atoms with van der Waals surface area (Å²) in [5.41, 5.74) is 1.24. The van der Waals surface area contributed by atoms with Gasteiger partial charge in [-0.1, -0.05) is 12.1 Å². The van der Waals surface area contributed by atoms with Gasteiger partial charge in [-0.15, -0.1) is 0 Å². The Morgan fingerprint density at radius 2 is 1.90 bits per heavy atom. The summed E-state index contributed by atoms with van der Waals surface area (Å²) >= 11 is 0. The van der Waals surface area contributed by atoms with Gasteiger partial charge in [0.15, 0.2) is 0 Å². The van der Waals surface area contributed by atoms with Crippen LogP contribution in [0.4, 0.5) is 5.69 Å². The van der Waals surface area contributed by atoms with Crippen molar-refractivity contribution in [1.82, 2.24) is 9.80 Å². The highest BCUT2D eigenvalue weighted by Crippen LogP contribution is 2.21. The summed E-state index contributed by atoms with van der Waals surface area (Å²) in [5, 5.41) is 10.3. The van der Waals surface area contributed by atoms with Gasteiger partial charge in [-0.25, -0.2) is 8.42 Å². The summed E-state index contributed by atoms with van der Waals surface area (Å²) in [6.07, 6.45) is 4.61. The van der Waals surface area contributed by atoms with E-state index in [0.29, 0.717) is 12.2 Å². The Hall–Kier alpha value is -1.73. The number of aliphatic hydroxyl groups excluding tert-OH is 1. The van der Waals surface area contributed by atoms with Gasteiger partial charge >= 0.3 is 0 Å². The van der Waals surface area contributed by atoms with Crippen molar-refractivity contribution in [2.45, 2.75) is 19.2 Å². The number of β-amino-alcohol motifs (C(OH)–C–C–N with tert-alkyl or cyclic N) is 1. The Balaban J connectivity index is 2.00. The topological polar surface area (TPSA) is 72.9 Å². The molecule has 0 saturated carbocycles. The van der Waals surface area contributed by atoms with E-state index < -0.39 is 16.1 Å². The van der Waals surface area contributed by atoms with E-state index in [9.17, 15) is 13.5 Å². The molecule has 1 aliphatic heterocycles. The predicted octanol–water partition coefficient (Wildman–Crippen LogP) is 1.16. The van der Waals surface area contributed by atoms with Gasteiger partial charge in [0.05, 0.1) is 18.5 Å². The third kappa shape index (κ3) is 4.12. The van der Waals surface area contributed by atoms with Crippen LogP contribution in [0.15, 0.2) is 36.7 Å². The van der Waals surface area contributed by atoms with Gasteiger partial charge in [0.1, 0.15) is 0 Å². The molecule has 0 aliphatic carbocycles. The van der Waals surface area contributed by atoms with E-state index in [1.54, 1.807) is 24.3 Å². The van der Waals surface area contributed by atoms with Gasteiger partial charge < -0.3 is 14.9 Å². The first-order valence-electron chi connectivity index (χ1n) is 6.68. The summed E-state index contributed by atoms with van der Waals surface area (Å²) in [6, 6.07) is 6.75. The van der Waals surface area contributed by atoms with Gasteiger partial charge in [-0.2, -0.15) is 0 Å².